The Morgan fingerprint density at radius 3 is 2.33 bits per heavy atom. The number of pyridine rings is 1. The average Bonchev–Trinajstić information content (AvgIpc) is 2.70. The number of rotatable bonds is 4. The van der Waals surface area contributed by atoms with Crippen LogP contribution >= 0.6 is 11.6 Å². The van der Waals surface area contributed by atoms with Gasteiger partial charge in [0.25, 0.3) is 11.8 Å². The van der Waals surface area contributed by atoms with Crippen molar-refractivity contribution in [3.8, 4) is 0 Å². The Morgan fingerprint density at radius 1 is 0.967 bits per heavy atom. The summed E-state index contributed by atoms with van der Waals surface area (Å²) in [5, 5.41) is 4.63. The summed E-state index contributed by atoms with van der Waals surface area (Å²) in [6, 6.07) is 10.9. The van der Waals surface area contributed by atoms with Gasteiger partial charge in [-0.25, -0.2) is 0 Å². The van der Waals surface area contributed by atoms with Crippen LogP contribution < -0.4 is 10.6 Å². The van der Waals surface area contributed by atoms with Crippen LogP contribution in [0.25, 0.3) is 0 Å². The molecule has 0 aliphatic rings. The van der Waals surface area contributed by atoms with E-state index in [2.05, 4.69) is 15.6 Å². The monoisotopic (exact) mass is 433 g/mol. The molecule has 0 aliphatic heterocycles. The highest BCUT2D eigenvalue weighted by molar-refractivity contribution is 6.31. The normalized spacial score (nSPS) is 11.1. The molecule has 154 valence electrons. The first-order valence-electron chi connectivity index (χ1n) is 8.66. The maximum atomic E-state index is 13.1. The molecule has 0 spiro atoms. The Hall–Kier alpha value is -3.39. The predicted octanol–water partition coefficient (Wildman–Crippen LogP) is 5.57. The third-order valence-electron chi connectivity index (χ3n) is 4.23. The van der Waals surface area contributed by atoms with Crippen LogP contribution in [-0.4, -0.2) is 16.8 Å². The lowest BCUT2D eigenvalue weighted by atomic mass is 10.1. The SMILES string of the molecule is Cc1cccc(C(=O)Nc2ccc(Cl)c(C(F)(F)F)c2)c1NC(=O)c1ccncc1. The summed E-state index contributed by atoms with van der Waals surface area (Å²) < 4.78 is 39.2. The molecule has 5 nitrogen and oxygen atoms in total. The Morgan fingerprint density at radius 2 is 1.67 bits per heavy atom. The zero-order chi connectivity index (χ0) is 21.9. The van der Waals surface area contributed by atoms with Gasteiger partial charge in [0.05, 0.1) is 21.8 Å². The quantitative estimate of drug-likeness (QED) is 0.565. The standard InChI is InChI=1S/C21H15ClF3N3O2/c1-12-3-2-4-15(18(12)28-19(29)13-7-9-26-10-8-13)20(30)27-14-5-6-17(22)16(11-14)21(23,24)25/h2-11H,1H3,(H,27,30)(H,28,29). The van der Waals surface area contributed by atoms with Crippen LogP contribution in [-0.2, 0) is 6.18 Å². The molecule has 0 radical (unpaired) electrons. The van der Waals surface area contributed by atoms with Gasteiger partial charge in [0, 0.05) is 23.6 Å². The fourth-order valence-electron chi connectivity index (χ4n) is 2.73. The Labute approximate surface area is 174 Å². The van der Waals surface area contributed by atoms with Gasteiger partial charge in [-0.15, -0.1) is 0 Å². The van der Waals surface area contributed by atoms with E-state index in [9.17, 15) is 22.8 Å². The number of halogens is 4. The van der Waals surface area contributed by atoms with Crippen molar-refractivity contribution in [3.63, 3.8) is 0 Å². The van der Waals surface area contributed by atoms with Crippen molar-refractivity contribution >= 4 is 34.8 Å². The van der Waals surface area contributed by atoms with E-state index in [0.717, 1.165) is 12.1 Å². The second-order valence-corrected chi connectivity index (χ2v) is 6.74. The molecule has 9 heteroatoms. The number of amides is 2. The second kappa shape index (κ2) is 8.54. The largest absolute Gasteiger partial charge is 0.417 e. The number of benzene rings is 2. The van der Waals surface area contributed by atoms with Crippen LogP contribution in [0.1, 0.15) is 31.8 Å². The second-order valence-electron chi connectivity index (χ2n) is 6.33. The summed E-state index contributed by atoms with van der Waals surface area (Å²) in [6.07, 6.45) is -1.75. The zero-order valence-electron chi connectivity index (χ0n) is 15.5. The summed E-state index contributed by atoms with van der Waals surface area (Å²) in [5.41, 5.74) is 0.161. The molecule has 2 amide bonds. The smallest absolute Gasteiger partial charge is 0.322 e. The molecule has 0 saturated carbocycles. The third-order valence-corrected chi connectivity index (χ3v) is 4.56. The highest BCUT2D eigenvalue weighted by atomic mass is 35.5. The van der Waals surface area contributed by atoms with Crippen molar-refractivity contribution in [1.29, 1.82) is 0 Å². The Bertz CT molecular complexity index is 1100. The molecule has 0 saturated heterocycles. The molecule has 3 aromatic rings. The topological polar surface area (TPSA) is 71.1 Å². The van der Waals surface area contributed by atoms with Gasteiger partial charge >= 0.3 is 6.18 Å². The van der Waals surface area contributed by atoms with Crippen LogP contribution in [0, 0.1) is 6.92 Å². The lowest BCUT2D eigenvalue weighted by Crippen LogP contribution is -2.19. The molecule has 1 aromatic heterocycles. The summed E-state index contributed by atoms with van der Waals surface area (Å²) >= 11 is 5.61. The number of carbonyl (C=O) groups excluding carboxylic acids is 2. The van der Waals surface area contributed by atoms with E-state index in [-0.39, 0.29) is 16.9 Å². The fraction of sp³-hybridized carbons (Fsp3) is 0.0952. The summed E-state index contributed by atoms with van der Waals surface area (Å²) in [5.74, 6) is -1.13. The van der Waals surface area contributed by atoms with Crippen LogP contribution in [0.4, 0.5) is 24.5 Å². The van der Waals surface area contributed by atoms with Crippen molar-refractivity contribution in [2.24, 2.45) is 0 Å². The lowest BCUT2D eigenvalue weighted by Gasteiger charge is -2.15. The summed E-state index contributed by atoms with van der Waals surface area (Å²) in [6.45, 7) is 1.70. The number of aryl methyl sites for hydroxylation is 1. The van der Waals surface area contributed by atoms with Crippen molar-refractivity contribution in [3.05, 3.63) is 88.2 Å². The lowest BCUT2D eigenvalue weighted by molar-refractivity contribution is -0.137. The summed E-state index contributed by atoms with van der Waals surface area (Å²) in [7, 11) is 0. The molecule has 0 unspecified atom stereocenters. The van der Waals surface area contributed by atoms with Gasteiger partial charge in [-0.2, -0.15) is 13.2 Å². The van der Waals surface area contributed by atoms with Crippen LogP contribution in [0.2, 0.25) is 5.02 Å². The van der Waals surface area contributed by atoms with Gasteiger partial charge in [-0.05, 0) is 48.9 Å². The minimum absolute atomic E-state index is 0.0790. The van der Waals surface area contributed by atoms with E-state index in [1.54, 1.807) is 19.1 Å². The van der Waals surface area contributed by atoms with Crippen LogP contribution in [0.5, 0.6) is 0 Å². The maximum Gasteiger partial charge on any atom is 0.417 e. The van der Waals surface area contributed by atoms with E-state index >= 15 is 0 Å². The number of hydrogen-bond donors (Lipinski definition) is 2. The zero-order valence-corrected chi connectivity index (χ0v) is 16.3. The predicted molar refractivity (Wildman–Crippen MR) is 108 cm³/mol. The molecule has 1 heterocycles. The van der Waals surface area contributed by atoms with E-state index in [1.807, 2.05) is 0 Å². The van der Waals surface area contributed by atoms with Gasteiger partial charge in [0.1, 0.15) is 0 Å². The fourth-order valence-corrected chi connectivity index (χ4v) is 2.96. The first-order valence-corrected chi connectivity index (χ1v) is 9.03. The highest BCUT2D eigenvalue weighted by Gasteiger charge is 2.33. The van der Waals surface area contributed by atoms with E-state index < -0.39 is 28.6 Å². The van der Waals surface area contributed by atoms with Crippen molar-refractivity contribution in [2.45, 2.75) is 13.1 Å². The highest BCUT2D eigenvalue weighted by Crippen LogP contribution is 2.36. The minimum Gasteiger partial charge on any atom is -0.322 e. The maximum absolute atomic E-state index is 13.1. The number of para-hydroxylation sites is 1. The number of nitrogens with zero attached hydrogens (tertiary/aromatic N) is 1. The molecule has 2 aromatic carbocycles. The average molecular weight is 434 g/mol. The van der Waals surface area contributed by atoms with Gasteiger partial charge < -0.3 is 10.6 Å². The molecule has 0 aliphatic carbocycles. The molecular weight excluding hydrogens is 419 g/mol. The van der Waals surface area contributed by atoms with Crippen LogP contribution in [0.15, 0.2) is 60.9 Å². The molecule has 0 bridgehead atoms. The molecule has 0 atom stereocenters. The molecular formula is C21H15ClF3N3O2. The molecule has 30 heavy (non-hydrogen) atoms. The first kappa shape index (κ1) is 21.3. The number of aromatic nitrogens is 1. The van der Waals surface area contributed by atoms with Gasteiger partial charge in [-0.3, -0.25) is 14.6 Å². The van der Waals surface area contributed by atoms with E-state index in [1.165, 1.54) is 36.7 Å². The van der Waals surface area contributed by atoms with Gasteiger partial charge in [0.2, 0.25) is 0 Å². The van der Waals surface area contributed by atoms with E-state index in [4.69, 9.17) is 11.6 Å². The number of hydrogen-bond acceptors (Lipinski definition) is 3. The van der Waals surface area contributed by atoms with Crippen molar-refractivity contribution in [2.75, 3.05) is 10.6 Å². The van der Waals surface area contributed by atoms with Gasteiger partial charge in [-0.1, -0.05) is 23.7 Å². The Balaban J connectivity index is 1.89. The minimum atomic E-state index is -4.66. The van der Waals surface area contributed by atoms with Crippen molar-refractivity contribution in [1.82, 2.24) is 4.98 Å². The molecule has 3 rings (SSSR count). The van der Waals surface area contributed by atoms with Crippen molar-refractivity contribution < 1.29 is 22.8 Å². The molecule has 2 N–H and O–H groups in total. The number of carbonyl (C=O) groups is 2. The van der Waals surface area contributed by atoms with Crippen LogP contribution in [0.3, 0.4) is 0 Å². The molecule has 0 fully saturated rings. The summed E-state index contributed by atoms with van der Waals surface area (Å²) in [4.78, 5) is 29.1. The number of anilines is 2. The number of nitrogens with one attached hydrogen (secondary N) is 2. The van der Waals surface area contributed by atoms with E-state index in [0.29, 0.717) is 11.1 Å². The number of alkyl halides is 3. The van der Waals surface area contributed by atoms with Gasteiger partial charge in [0.15, 0.2) is 0 Å². The Kier molecular flexibility index (Phi) is 6.07. The third kappa shape index (κ3) is 4.77. The first-order chi connectivity index (χ1) is 14.2.